The third-order valence-corrected chi connectivity index (χ3v) is 5.68. The summed E-state index contributed by atoms with van der Waals surface area (Å²) >= 11 is 3.43. The second-order valence-corrected chi connectivity index (χ2v) is 7.86. The molecule has 31 heavy (non-hydrogen) atoms. The number of carbonyl (C=O) groups is 1. The molecule has 0 saturated heterocycles. The van der Waals surface area contributed by atoms with Gasteiger partial charge in [-0.15, -0.1) is 0 Å². The van der Waals surface area contributed by atoms with Crippen LogP contribution in [0.25, 0.3) is 11.0 Å². The number of anilines is 1. The Morgan fingerprint density at radius 1 is 1.10 bits per heavy atom. The Morgan fingerprint density at radius 2 is 1.90 bits per heavy atom. The maximum atomic E-state index is 13.2. The zero-order valence-electron chi connectivity index (χ0n) is 16.6. The monoisotopic (exact) mass is 479 g/mol. The smallest absolute Gasteiger partial charge is 0.325 e. The summed E-state index contributed by atoms with van der Waals surface area (Å²) in [5.41, 5.74) is 1.61. The van der Waals surface area contributed by atoms with E-state index in [2.05, 4.69) is 31.2 Å². The number of hydrogen-bond donors (Lipinski definition) is 1. The van der Waals surface area contributed by atoms with Crippen LogP contribution in [-0.4, -0.2) is 25.0 Å². The van der Waals surface area contributed by atoms with Crippen molar-refractivity contribution in [3.8, 4) is 0 Å². The van der Waals surface area contributed by atoms with Crippen molar-refractivity contribution in [2.75, 3.05) is 5.32 Å². The number of halogens is 1. The van der Waals surface area contributed by atoms with E-state index < -0.39 is 11.2 Å². The van der Waals surface area contributed by atoms with Crippen molar-refractivity contribution >= 4 is 38.6 Å². The molecule has 0 fully saturated rings. The number of aromatic nitrogens is 4. The molecule has 0 spiro atoms. The Balaban J connectivity index is 1.74. The van der Waals surface area contributed by atoms with E-state index in [1.807, 2.05) is 19.1 Å². The van der Waals surface area contributed by atoms with Crippen LogP contribution in [0.5, 0.6) is 0 Å². The summed E-state index contributed by atoms with van der Waals surface area (Å²) in [5.74, 6) is -0.388. The summed E-state index contributed by atoms with van der Waals surface area (Å²) < 4.78 is 3.27. The average Bonchev–Trinajstić information content (AvgIpc) is 2.77. The number of nitrogens with zero attached hydrogens (tertiary/aromatic N) is 4. The molecule has 1 N–H and O–H groups in total. The maximum absolute atomic E-state index is 13.2. The van der Waals surface area contributed by atoms with Gasteiger partial charge in [0.05, 0.1) is 12.1 Å². The van der Waals surface area contributed by atoms with E-state index in [4.69, 9.17) is 0 Å². The largest absolute Gasteiger partial charge is 0.332 e. The number of fused-ring (bicyclic) bond motifs is 1. The first-order chi connectivity index (χ1) is 14.9. The molecular formula is C22H18BrN5O3. The van der Waals surface area contributed by atoms with E-state index in [0.29, 0.717) is 16.8 Å². The van der Waals surface area contributed by atoms with Gasteiger partial charge in [-0.05, 0) is 54.4 Å². The number of hydrogen-bond acceptors (Lipinski definition) is 5. The highest BCUT2D eigenvalue weighted by atomic mass is 79.9. The van der Waals surface area contributed by atoms with Crippen LogP contribution in [-0.2, 0) is 17.9 Å². The van der Waals surface area contributed by atoms with E-state index in [1.54, 1.807) is 42.7 Å². The van der Waals surface area contributed by atoms with Gasteiger partial charge in [0.25, 0.3) is 5.56 Å². The van der Waals surface area contributed by atoms with Crippen molar-refractivity contribution in [3.63, 3.8) is 0 Å². The van der Waals surface area contributed by atoms with Crippen molar-refractivity contribution in [2.45, 2.75) is 20.0 Å². The number of pyridine rings is 2. The molecular weight excluding hydrogens is 462 g/mol. The van der Waals surface area contributed by atoms with Crippen LogP contribution >= 0.6 is 15.9 Å². The lowest BCUT2D eigenvalue weighted by Gasteiger charge is -2.14. The van der Waals surface area contributed by atoms with Gasteiger partial charge in [-0.2, -0.15) is 0 Å². The molecule has 0 aliphatic carbocycles. The highest BCUT2D eigenvalue weighted by Gasteiger charge is 2.16. The van der Waals surface area contributed by atoms with Crippen LogP contribution < -0.4 is 16.6 Å². The molecule has 3 heterocycles. The zero-order chi connectivity index (χ0) is 22.0. The van der Waals surface area contributed by atoms with Crippen LogP contribution in [0.4, 0.5) is 5.69 Å². The van der Waals surface area contributed by atoms with Gasteiger partial charge in [0, 0.05) is 28.8 Å². The second-order valence-electron chi connectivity index (χ2n) is 7.00. The topological polar surface area (TPSA) is 98.9 Å². The van der Waals surface area contributed by atoms with Crippen LogP contribution in [0, 0.1) is 6.92 Å². The summed E-state index contributed by atoms with van der Waals surface area (Å²) in [6.07, 6.45) is 4.68. The summed E-state index contributed by atoms with van der Waals surface area (Å²) in [7, 11) is 0. The predicted octanol–water partition coefficient (Wildman–Crippen LogP) is 2.71. The molecule has 0 saturated carbocycles. The van der Waals surface area contributed by atoms with Gasteiger partial charge in [0.1, 0.15) is 6.54 Å². The van der Waals surface area contributed by atoms with Gasteiger partial charge in [0.15, 0.2) is 5.52 Å². The second kappa shape index (κ2) is 8.65. The first-order valence-corrected chi connectivity index (χ1v) is 10.3. The molecule has 0 bridgehead atoms. The molecule has 0 atom stereocenters. The number of aryl methyl sites for hydroxylation is 1. The fourth-order valence-electron chi connectivity index (χ4n) is 3.28. The number of rotatable bonds is 5. The highest BCUT2D eigenvalue weighted by Crippen LogP contribution is 2.20. The number of amides is 1. The summed E-state index contributed by atoms with van der Waals surface area (Å²) in [6.45, 7) is 1.69. The van der Waals surface area contributed by atoms with Gasteiger partial charge >= 0.3 is 5.69 Å². The Bertz CT molecular complexity index is 1400. The van der Waals surface area contributed by atoms with Crippen molar-refractivity contribution in [2.24, 2.45) is 0 Å². The van der Waals surface area contributed by atoms with E-state index >= 15 is 0 Å². The summed E-state index contributed by atoms with van der Waals surface area (Å²) in [6, 6.07) is 12.2. The first-order valence-electron chi connectivity index (χ1n) is 9.47. The van der Waals surface area contributed by atoms with E-state index in [0.717, 1.165) is 14.6 Å². The predicted molar refractivity (Wildman–Crippen MR) is 121 cm³/mol. The third-order valence-electron chi connectivity index (χ3n) is 4.79. The van der Waals surface area contributed by atoms with Gasteiger partial charge in [-0.1, -0.05) is 22.0 Å². The van der Waals surface area contributed by atoms with Crippen molar-refractivity contribution in [3.05, 3.63) is 97.5 Å². The minimum absolute atomic E-state index is 0.0333. The minimum Gasteiger partial charge on any atom is -0.325 e. The lowest BCUT2D eigenvalue weighted by atomic mass is 10.2. The first kappa shape index (κ1) is 20.7. The van der Waals surface area contributed by atoms with Crippen LogP contribution in [0.1, 0.15) is 11.1 Å². The van der Waals surface area contributed by atoms with Crippen molar-refractivity contribution in [1.82, 2.24) is 19.1 Å². The Morgan fingerprint density at radius 3 is 2.65 bits per heavy atom. The normalized spacial score (nSPS) is 10.9. The quantitative estimate of drug-likeness (QED) is 0.474. The molecule has 4 rings (SSSR count). The zero-order valence-corrected chi connectivity index (χ0v) is 18.2. The highest BCUT2D eigenvalue weighted by molar-refractivity contribution is 9.10. The lowest BCUT2D eigenvalue weighted by Crippen LogP contribution is -2.42. The van der Waals surface area contributed by atoms with Gasteiger partial charge in [0.2, 0.25) is 5.91 Å². The number of carbonyl (C=O) groups excluding carboxylic acids is 1. The minimum atomic E-state index is -0.587. The van der Waals surface area contributed by atoms with Gasteiger partial charge in [-0.25, -0.2) is 9.78 Å². The molecule has 1 aromatic carbocycles. The number of nitrogens with one attached hydrogen (secondary N) is 1. The van der Waals surface area contributed by atoms with E-state index in [9.17, 15) is 14.4 Å². The van der Waals surface area contributed by atoms with Gasteiger partial charge < -0.3 is 5.32 Å². The summed E-state index contributed by atoms with van der Waals surface area (Å²) in [5, 5.41) is 2.80. The molecule has 4 aromatic rings. The van der Waals surface area contributed by atoms with Gasteiger partial charge in [-0.3, -0.25) is 23.7 Å². The summed E-state index contributed by atoms with van der Waals surface area (Å²) in [4.78, 5) is 47.0. The molecule has 0 aliphatic heterocycles. The molecule has 0 aliphatic rings. The molecule has 1 amide bonds. The van der Waals surface area contributed by atoms with Crippen LogP contribution in [0.15, 0.2) is 75.1 Å². The van der Waals surface area contributed by atoms with Crippen LogP contribution in [0.2, 0.25) is 0 Å². The van der Waals surface area contributed by atoms with Crippen molar-refractivity contribution < 1.29 is 4.79 Å². The third kappa shape index (κ3) is 4.31. The molecule has 8 nitrogen and oxygen atoms in total. The van der Waals surface area contributed by atoms with E-state index in [-0.39, 0.29) is 24.5 Å². The average molecular weight is 480 g/mol. The SMILES string of the molecule is Cc1cc(NC(=O)Cn2c(=O)n(Cc3cccnc3)c(=O)c3ncccc32)ccc1Br. The molecule has 9 heteroatoms. The maximum Gasteiger partial charge on any atom is 0.332 e. The Hall–Kier alpha value is -3.59. The molecule has 0 radical (unpaired) electrons. The fraction of sp³-hybridized carbons (Fsp3) is 0.136. The van der Waals surface area contributed by atoms with Crippen LogP contribution in [0.3, 0.4) is 0 Å². The molecule has 0 unspecified atom stereocenters. The fourth-order valence-corrected chi connectivity index (χ4v) is 3.52. The van der Waals surface area contributed by atoms with E-state index in [1.165, 1.54) is 10.8 Å². The lowest BCUT2D eigenvalue weighted by molar-refractivity contribution is -0.116. The number of benzene rings is 1. The molecule has 3 aromatic heterocycles. The molecule has 156 valence electrons. The standard InChI is InChI=1S/C22H18BrN5O3/c1-14-10-16(6-7-17(14)23)26-19(29)13-27-18-5-3-9-25-20(18)21(30)28(22(27)31)12-15-4-2-8-24-11-15/h2-11H,12-13H2,1H3,(H,26,29). The Labute approximate surface area is 185 Å². The van der Waals surface area contributed by atoms with Crippen molar-refractivity contribution in [1.29, 1.82) is 0 Å². The Kier molecular flexibility index (Phi) is 5.77.